The zero-order valence-corrected chi connectivity index (χ0v) is 21.7. The van der Waals surface area contributed by atoms with Gasteiger partial charge in [0.05, 0.1) is 19.8 Å². The first-order valence-electron chi connectivity index (χ1n) is 12.0. The number of methoxy groups -OCH3 is 1. The quantitative estimate of drug-likeness (QED) is 0.500. The van der Waals surface area contributed by atoms with Crippen LogP contribution in [0.2, 0.25) is 0 Å². The third-order valence-corrected chi connectivity index (χ3v) is 8.53. The van der Waals surface area contributed by atoms with Crippen molar-refractivity contribution in [2.24, 2.45) is 5.92 Å². The molecule has 190 valence electrons. The summed E-state index contributed by atoms with van der Waals surface area (Å²) in [5.41, 5.74) is 2.84. The average molecular weight is 557 g/mol. The number of aliphatic hydroxyl groups is 1. The summed E-state index contributed by atoms with van der Waals surface area (Å²) in [4.78, 5) is 26.6. The van der Waals surface area contributed by atoms with Gasteiger partial charge in [-0.2, -0.15) is 0 Å². The highest BCUT2D eigenvalue weighted by atomic mass is 79.9. The number of hydrogen-bond acceptors (Lipinski definition) is 6. The fourth-order valence-electron chi connectivity index (χ4n) is 6.10. The molecule has 0 radical (unpaired) electrons. The molecule has 4 atom stereocenters. The number of hydrogen-bond donors (Lipinski definition) is 3. The molecular weight excluding hydrogens is 528 g/mol. The molecule has 0 bridgehead atoms. The average Bonchev–Trinajstić information content (AvgIpc) is 3.14. The van der Waals surface area contributed by atoms with Crippen LogP contribution in [0.3, 0.4) is 0 Å². The van der Waals surface area contributed by atoms with E-state index in [1.54, 1.807) is 24.1 Å². The number of nitrogens with one attached hydrogen (secondary N) is 1. The molecule has 3 N–H and O–H groups in total. The highest BCUT2D eigenvalue weighted by molar-refractivity contribution is 9.10. The van der Waals surface area contributed by atoms with Gasteiger partial charge < -0.3 is 29.9 Å². The lowest BCUT2D eigenvalue weighted by Crippen LogP contribution is -2.51. The summed E-state index contributed by atoms with van der Waals surface area (Å²) in [5.74, 6) is 0.265. The van der Waals surface area contributed by atoms with Crippen molar-refractivity contribution in [1.29, 1.82) is 0 Å². The molecule has 0 fully saturated rings. The van der Waals surface area contributed by atoms with Crippen LogP contribution in [-0.2, 0) is 16.8 Å². The number of aliphatic hydroxyl groups excluding tert-OH is 1. The highest BCUT2D eigenvalue weighted by Crippen LogP contribution is 2.60. The standard InChI is InChI=1S/C27H29BrN2O6/c1-15-8-18(29-12-22(32)33)10-21-27(15)11-19(14-31)30(26(34)16-6-4-3-5-7-16)13-17-9-20(35-2)24(28)25(36-21)23(17)27/h3-7,9-10,15,19,21,29,31H,8,11-14H2,1-2H3,(H,32,33)/t15-,19+,21-,27+/m1/s1. The lowest BCUT2D eigenvalue weighted by molar-refractivity contribution is -0.135. The Kier molecular flexibility index (Phi) is 6.46. The van der Waals surface area contributed by atoms with Gasteiger partial charge in [0.2, 0.25) is 0 Å². The van der Waals surface area contributed by atoms with Crippen molar-refractivity contribution in [3.63, 3.8) is 0 Å². The number of carbonyl (C=O) groups excluding carboxylic acids is 1. The molecule has 3 aliphatic rings. The zero-order chi connectivity index (χ0) is 25.6. The first-order valence-corrected chi connectivity index (χ1v) is 12.8. The van der Waals surface area contributed by atoms with Gasteiger partial charge in [0.15, 0.2) is 0 Å². The van der Waals surface area contributed by atoms with Gasteiger partial charge in [-0.15, -0.1) is 0 Å². The third kappa shape index (κ3) is 3.85. The van der Waals surface area contributed by atoms with E-state index in [0.717, 1.165) is 16.8 Å². The van der Waals surface area contributed by atoms with E-state index in [2.05, 4.69) is 28.2 Å². The molecule has 2 aliphatic heterocycles. The van der Waals surface area contributed by atoms with Crippen molar-refractivity contribution >= 4 is 27.8 Å². The number of carbonyl (C=O) groups is 2. The van der Waals surface area contributed by atoms with Gasteiger partial charge in [0, 0.05) is 28.8 Å². The second-order valence-corrected chi connectivity index (χ2v) is 10.5. The van der Waals surface area contributed by atoms with Crippen LogP contribution in [0.15, 0.2) is 52.6 Å². The summed E-state index contributed by atoms with van der Waals surface area (Å²) in [6.07, 6.45) is 2.71. The number of ether oxygens (including phenoxy) is 2. The Morgan fingerprint density at radius 3 is 2.72 bits per heavy atom. The van der Waals surface area contributed by atoms with Crippen LogP contribution in [0.1, 0.15) is 41.3 Å². The molecule has 0 saturated heterocycles. The molecule has 0 unspecified atom stereocenters. The van der Waals surface area contributed by atoms with Crippen molar-refractivity contribution in [3.8, 4) is 11.5 Å². The molecule has 2 heterocycles. The van der Waals surface area contributed by atoms with Gasteiger partial charge >= 0.3 is 5.97 Å². The SMILES string of the molecule is COc1cc2c3c(c1Br)O[C@@H]1C=C(NCC(=O)O)C[C@@H](C)[C@]31C[C@@H](CO)N(C(=O)c1ccccc1)C2. The van der Waals surface area contributed by atoms with Crippen LogP contribution >= 0.6 is 15.9 Å². The van der Waals surface area contributed by atoms with Crippen LogP contribution in [0.4, 0.5) is 0 Å². The molecule has 2 aromatic rings. The van der Waals surface area contributed by atoms with E-state index in [9.17, 15) is 14.7 Å². The van der Waals surface area contributed by atoms with Crippen molar-refractivity contribution in [1.82, 2.24) is 10.2 Å². The van der Waals surface area contributed by atoms with Crippen LogP contribution in [0.5, 0.6) is 11.5 Å². The number of nitrogens with zero attached hydrogens (tertiary/aromatic N) is 1. The summed E-state index contributed by atoms with van der Waals surface area (Å²) in [7, 11) is 1.59. The van der Waals surface area contributed by atoms with E-state index >= 15 is 0 Å². The summed E-state index contributed by atoms with van der Waals surface area (Å²) < 4.78 is 12.9. The summed E-state index contributed by atoms with van der Waals surface area (Å²) in [6.45, 7) is 2.08. The summed E-state index contributed by atoms with van der Waals surface area (Å²) in [6, 6.07) is 10.6. The lowest BCUT2D eigenvalue weighted by atomic mass is 9.60. The normalized spacial score (nSPS) is 26.2. The Hall–Kier alpha value is -3.04. The van der Waals surface area contributed by atoms with Gasteiger partial charge in [-0.3, -0.25) is 9.59 Å². The van der Waals surface area contributed by atoms with Crippen LogP contribution in [0, 0.1) is 5.92 Å². The van der Waals surface area contributed by atoms with Gasteiger partial charge in [0.25, 0.3) is 5.91 Å². The van der Waals surface area contributed by atoms with Gasteiger partial charge in [-0.25, -0.2) is 0 Å². The second-order valence-electron chi connectivity index (χ2n) is 9.72. The minimum absolute atomic E-state index is 0.0462. The first-order chi connectivity index (χ1) is 17.3. The Balaban J connectivity index is 1.65. The minimum atomic E-state index is -0.931. The van der Waals surface area contributed by atoms with Gasteiger partial charge in [-0.1, -0.05) is 25.1 Å². The molecule has 36 heavy (non-hydrogen) atoms. The lowest BCUT2D eigenvalue weighted by Gasteiger charge is -2.44. The van der Waals surface area contributed by atoms with E-state index in [1.807, 2.05) is 30.3 Å². The predicted octanol–water partition coefficient (Wildman–Crippen LogP) is 3.46. The van der Waals surface area contributed by atoms with Gasteiger partial charge in [-0.05, 0) is 64.5 Å². The van der Waals surface area contributed by atoms with E-state index in [-0.39, 0.29) is 25.0 Å². The maximum atomic E-state index is 13.7. The van der Waals surface area contributed by atoms with Crippen molar-refractivity contribution in [2.75, 3.05) is 20.3 Å². The van der Waals surface area contributed by atoms with Crippen molar-refractivity contribution in [2.45, 2.75) is 43.9 Å². The van der Waals surface area contributed by atoms with E-state index < -0.39 is 23.5 Å². The second kappa shape index (κ2) is 9.44. The molecule has 0 aromatic heterocycles. The van der Waals surface area contributed by atoms with Crippen molar-refractivity contribution in [3.05, 3.63) is 69.3 Å². The molecule has 1 amide bonds. The molecule has 1 spiro atoms. The Labute approximate surface area is 218 Å². The number of halogens is 1. The number of allylic oxidation sites excluding steroid dienone is 1. The molecule has 2 aromatic carbocycles. The maximum Gasteiger partial charge on any atom is 0.322 e. The largest absolute Gasteiger partial charge is 0.495 e. The highest BCUT2D eigenvalue weighted by Gasteiger charge is 2.58. The van der Waals surface area contributed by atoms with Crippen LogP contribution < -0.4 is 14.8 Å². The molecule has 0 saturated carbocycles. The molecule has 5 rings (SSSR count). The number of benzene rings is 2. The molecule has 8 nitrogen and oxygen atoms in total. The third-order valence-electron chi connectivity index (χ3n) is 7.78. The number of rotatable bonds is 6. The summed E-state index contributed by atoms with van der Waals surface area (Å²) in [5, 5.41) is 22.7. The fourth-order valence-corrected chi connectivity index (χ4v) is 6.67. The van der Waals surface area contributed by atoms with E-state index in [1.165, 1.54) is 0 Å². The number of carboxylic acid groups (broad SMARTS) is 1. The predicted molar refractivity (Wildman–Crippen MR) is 136 cm³/mol. The smallest absolute Gasteiger partial charge is 0.322 e. The zero-order valence-electron chi connectivity index (χ0n) is 20.2. The minimum Gasteiger partial charge on any atom is -0.495 e. The Morgan fingerprint density at radius 1 is 1.31 bits per heavy atom. The maximum absolute atomic E-state index is 13.7. The van der Waals surface area contributed by atoms with E-state index in [4.69, 9.17) is 14.6 Å². The Morgan fingerprint density at radius 2 is 2.06 bits per heavy atom. The molecule has 9 heteroatoms. The monoisotopic (exact) mass is 556 g/mol. The molecular formula is C27H29BrN2O6. The number of aliphatic carboxylic acids is 1. The van der Waals surface area contributed by atoms with Crippen molar-refractivity contribution < 1.29 is 29.3 Å². The van der Waals surface area contributed by atoms with Gasteiger partial charge in [0.1, 0.15) is 28.6 Å². The summed E-state index contributed by atoms with van der Waals surface area (Å²) >= 11 is 3.67. The molecule has 1 aliphatic carbocycles. The fraction of sp³-hybridized carbons (Fsp3) is 0.407. The van der Waals surface area contributed by atoms with E-state index in [0.29, 0.717) is 40.9 Å². The van der Waals surface area contributed by atoms with Crippen LogP contribution in [0.25, 0.3) is 0 Å². The van der Waals surface area contributed by atoms with Crippen LogP contribution in [-0.4, -0.2) is 59.4 Å². The first kappa shape index (κ1) is 24.6. The number of carboxylic acids is 1. The topological polar surface area (TPSA) is 108 Å². The number of amides is 1. The Bertz CT molecular complexity index is 1230.